The molecule has 0 saturated carbocycles. The van der Waals surface area contributed by atoms with E-state index in [0.717, 1.165) is 12.1 Å². The van der Waals surface area contributed by atoms with Gasteiger partial charge in [0.1, 0.15) is 17.5 Å². The fraction of sp³-hybridized carbons (Fsp3) is 0.167. The molecule has 0 aliphatic heterocycles. The SMILES string of the molecule is CC(NC(=O)c1cc(Br)cc(OC(F)(F)F)c1)c1nccnc1-n1cc(C#N)cn1. The van der Waals surface area contributed by atoms with Crippen LogP contribution in [0, 0.1) is 11.3 Å². The number of rotatable bonds is 5. The Morgan fingerprint density at radius 3 is 2.70 bits per heavy atom. The summed E-state index contributed by atoms with van der Waals surface area (Å²) in [5, 5.41) is 15.7. The van der Waals surface area contributed by atoms with Gasteiger partial charge in [-0.25, -0.2) is 9.67 Å². The molecule has 0 fully saturated rings. The van der Waals surface area contributed by atoms with E-state index in [4.69, 9.17) is 5.26 Å². The molecule has 0 radical (unpaired) electrons. The molecule has 0 aliphatic carbocycles. The van der Waals surface area contributed by atoms with Crippen molar-refractivity contribution in [2.75, 3.05) is 0 Å². The molecule has 0 bridgehead atoms. The average Bonchev–Trinajstić information content (AvgIpc) is 3.15. The molecule has 0 spiro atoms. The highest BCUT2D eigenvalue weighted by atomic mass is 79.9. The molecule has 8 nitrogen and oxygen atoms in total. The van der Waals surface area contributed by atoms with Crippen molar-refractivity contribution in [3.8, 4) is 17.6 Å². The Hall–Kier alpha value is -3.46. The Balaban J connectivity index is 1.84. The van der Waals surface area contributed by atoms with Crippen molar-refractivity contribution in [3.05, 3.63) is 64.3 Å². The Labute approximate surface area is 176 Å². The predicted molar refractivity (Wildman–Crippen MR) is 101 cm³/mol. The van der Waals surface area contributed by atoms with Gasteiger partial charge < -0.3 is 10.1 Å². The molecular formula is C18H12BrF3N6O2. The fourth-order valence-corrected chi connectivity index (χ4v) is 3.03. The van der Waals surface area contributed by atoms with Gasteiger partial charge in [-0.3, -0.25) is 9.78 Å². The standard InChI is InChI=1S/C18H12BrF3N6O2/c1-10(15-16(25-3-2-24-15)28-9-11(7-23)8-26-28)27-17(29)12-4-13(19)6-14(5-12)30-18(20,21)22/h2-6,8-10H,1H3,(H,27,29). The largest absolute Gasteiger partial charge is 0.573 e. The lowest BCUT2D eigenvalue weighted by Gasteiger charge is -2.17. The molecule has 0 saturated heterocycles. The maximum absolute atomic E-state index is 12.6. The molecular weight excluding hydrogens is 469 g/mol. The fourth-order valence-electron chi connectivity index (χ4n) is 2.55. The number of carbonyl (C=O) groups is 1. The molecule has 2 aromatic heterocycles. The summed E-state index contributed by atoms with van der Waals surface area (Å²) < 4.78 is 42.9. The summed E-state index contributed by atoms with van der Waals surface area (Å²) in [4.78, 5) is 21.0. The molecule has 30 heavy (non-hydrogen) atoms. The van der Waals surface area contributed by atoms with E-state index >= 15 is 0 Å². The minimum absolute atomic E-state index is 0.0493. The van der Waals surface area contributed by atoms with E-state index in [0.29, 0.717) is 17.1 Å². The summed E-state index contributed by atoms with van der Waals surface area (Å²) in [7, 11) is 0. The first-order chi connectivity index (χ1) is 14.2. The zero-order valence-corrected chi connectivity index (χ0v) is 16.8. The monoisotopic (exact) mass is 480 g/mol. The number of aromatic nitrogens is 4. The number of carbonyl (C=O) groups excluding carboxylic acids is 1. The molecule has 2 heterocycles. The van der Waals surface area contributed by atoms with E-state index in [1.54, 1.807) is 6.92 Å². The normalized spacial score (nSPS) is 12.1. The number of ether oxygens (including phenoxy) is 1. The third-order valence-electron chi connectivity index (χ3n) is 3.76. The minimum atomic E-state index is -4.89. The van der Waals surface area contributed by atoms with Crippen molar-refractivity contribution in [2.45, 2.75) is 19.3 Å². The van der Waals surface area contributed by atoms with Crippen molar-refractivity contribution in [2.24, 2.45) is 0 Å². The van der Waals surface area contributed by atoms with Crippen LogP contribution < -0.4 is 10.1 Å². The smallest absolute Gasteiger partial charge is 0.406 e. The Kier molecular flexibility index (Phi) is 6.02. The quantitative estimate of drug-likeness (QED) is 0.596. The number of nitrogens with zero attached hydrogens (tertiary/aromatic N) is 5. The molecule has 1 unspecified atom stereocenters. The predicted octanol–water partition coefficient (Wildman–Crippen LogP) is 3.69. The molecule has 1 atom stereocenters. The summed E-state index contributed by atoms with van der Waals surface area (Å²) in [6.07, 6.45) is 0.769. The number of benzene rings is 1. The number of nitriles is 1. The molecule has 1 N–H and O–H groups in total. The lowest BCUT2D eigenvalue weighted by molar-refractivity contribution is -0.274. The average molecular weight is 481 g/mol. The third-order valence-corrected chi connectivity index (χ3v) is 4.22. The van der Waals surface area contributed by atoms with E-state index in [1.165, 1.54) is 35.5 Å². The molecule has 154 valence electrons. The molecule has 3 rings (SSSR count). The molecule has 1 aromatic carbocycles. The van der Waals surface area contributed by atoms with Crippen LogP contribution in [0.2, 0.25) is 0 Å². The van der Waals surface area contributed by atoms with Crippen molar-refractivity contribution in [1.82, 2.24) is 25.1 Å². The lowest BCUT2D eigenvalue weighted by Crippen LogP contribution is -2.28. The van der Waals surface area contributed by atoms with Gasteiger partial charge in [0.05, 0.1) is 24.0 Å². The van der Waals surface area contributed by atoms with Crippen LogP contribution in [0.15, 0.2) is 47.5 Å². The molecule has 12 heteroatoms. The second-order valence-corrected chi connectivity index (χ2v) is 6.88. The number of halogens is 4. The van der Waals surface area contributed by atoms with Gasteiger partial charge in [0.15, 0.2) is 5.82 Å². The van der Waals surface area contributed by atoms with E-state index in [-0.39, 0.29) is 10.0 Å². The third kappa shape index (κ3) is 5.12. The van der Waals surface area contributed by atoms with Gasteiger partial charge in [-0.1, -0.05) is 15.9 Å². The first kappa shape index (κ1) is 21.3. The Bertz CT molecular complexity index is 1130. The van der Waals surface area contributed by atoms with Gasteiger partial charge in [0, 0.05) is 22.4 Å². The first-order valence-corrected chi connectivity index (χ1v) is 9.09. The van der Waals surface area contributed by atoms with Crippen molar-refractivity contribution in [3.63, 3.8) is 0 Å². The van der Waals surface area contributed by atoms with Gasteiger partial charge in [0.25, 0.3) is 5.91 Å². The summed E-state index contributed by atoms with van der Waals surface area (Å²) in [5.41, 5.74) is 0.613. The van der Waals surface area contributed by atoms with Crippen LogP contribution in [0.3, 0.4) is 0 Å². The highest BCUT2D eigenvalue weighted by Crippen LogP contribution is 2.27. The summed E-state index contributed by atoms with van der Waals surface area (Å²) >= 11 is 3.06. The van der Waals surface area contributed by atoms with Crippen LogP contribution in [-0.2, 0) is 0 Å². The minimum Gasteiger partial charge on any atom is -0.406 e. The number of amides is 1. The lowest BCUT2D eigenvalue weighted by atomic mass is 10.1. The van der Waals surface area contributed by atoms with E-state index in [2.05, 4.69) is 41.1 Å². The zero-order chi connectivity index (χ0) is 21.9. The van der Waals surface area contributed by atoms with Gasteiger partial charge in [-0.2, -0.15) is 10.4 Å². The second-order valence-electron chi connectivity index (χ2n) is 5.97. The summed E-state index contributed by atoms with van der Waals surface area (Å²) in [6.45, 7) is 1.63. The van der Waals surface area contributed by atoms with E-state index in [9.17, 15) is 18.0 Å². The van der Waals surface area contributed by atoms with Crippen LogP contribution >= 0.6 is 15.9 Å². The second kappa shape index (κ2) is 8.50. The van der Waals surface area contributed by atoms with Crippen molar-refractivity contribution < 1.29 is 22.7 Å². The number of hydrogen-bond acceptors (Lipinski definition) is 6. The molecule has 1 amide bonds. The maximum Gasteiger partial charge on any atom is 0.573 e. The van der Waals surface area contributed by atoms with Crippen LogP contribution in [0.1, 0.15) is 34.6 Å². The Morgan fingerprint density at radius 1 is 1.30 bits per heavy atom. The van der Waals surface area contributed by atoms with Crippen molar-refractivity contribution in [1.29, 1.82) is 5.26 Å². The first-order valence-electron chi connectivity index (χ1n) is 8.29. The van der Waals surface area contributed by atoms with E-state index < -0.39 is 24.1 Å². The van der Waals surface area contributed by atoms with Crippen LogP contribution in [0.4, 0.5) is 13.2 Å². The van der Waals surface area contributed by atoms with Gasteiger partial charge >= 0.3 is 6.36 Å². The number of nitrogens with one attached hydrogen (secondary N) is 1. The molecule has 0 aliphatic rings. The van der Waals surface area contributed by atoms with Gasteiger partial charge in [-0.15, -0.1) is 13.2 Å². The number of alkyl halides is 3. The maximum atomic E-state index is 12.6. The highest BCUT2D eigenvalue weighted by molar-refractivity contribution is 9.10. The van der Waals surface area contributed by atoms with Crippen molar-refractivity contribution >= 4 is 21.8 Å². The number of hydrogen-bond donors (Lipinski definition) is 1. The van der Waals surface area contributed by atoms with Gasteiger partial charge in [-0.05, 0) is 25.1 Å². The van der Waals surface area contributed by atoms with Crippen LogP contribution in [0.25, 0.3) is 5.82 Å². The topological polar surface area (TPSA) is 106 Å². The summed E-state index contributed by atoms with van der Waals surface area (Å²) in [5.74, 6) is -0.886. The van der Waals surface area contributed by atoms with Crippen LogP contribution in [0.5, 0.6) is 5.75 Å². The summed E-state index contributed by atoms with van der Waals surface area (Å²) in [6, 6.07) is 4.70. The highest BCUT2D eigenvalue weighted by Gasteiger charge is 2.31. The van der Waals surface area contributed by atoms with Crippen LogP contribution in [-0.4, -0.2) is 32.0 Å². The zero-order valence-electron chi connectivity index (χ0n) is 15.2. The molecule has 3 aromatic rings. The van der Waals surface area contributed by atoms with Gasteiger partial charge in [0.2, 0.25) is 0 Å². The van der Waals surface area contributed by atoms with E-state index in [1.807, 2.05) is 6.07 Å². The Morgan fingerprint density at radius 2 is 2.03 bits per heavy atom.